The van der Waals surface area contributed by atoms with Crippen molar-refractivity contribution in [2.75, 3.05) is 6.61 Å². The standard InChI is InChI=1S/C13H16ClFN2O/c14-10-5-3-4-9(13(10)15)8-11(17-16)12-6-1-2-7-18-12/h3-6,11,17H,1-2,7-8,16H2. The number of hydrazine groups is 1. The molecule has 1 aromatic carbocycles. The second kappa shape index (κ2) is 6.18. The maximum atomic E-state index is 13.8. The van der Waals surface area contributed by atoms with E-state index in [4.69, 9.17) is 22.2 Å². The van der Waals surface area contributed by atoms with Gasteiger partial charge in [-0.2, -0.15) is 0 Å². The van der Waals surface area contributed by atoms with Crippen molar-refractivity contribution in [1.82, 2.24) is 5.43 Å². The Bertz CT molecular complexity index is 451. The van der Waals surface area contributed by atoms with E-state index in [-0.39, 0.29) is 11.1 Å². The molecule has 0 saturated heterocycles. The van der Waals surface area contributed by atoms with Crippen LogP contribution in [0.3, 0.4) is 0 Å². The Kier molecular flexibility index (Phi) is 4.58. The van der Waals surface area contributed by atoms with Crippen molar-refractivity contribution in [2.45, 2.75) is 25.3 Å². The summed E-state index contributed by atoms with van der Waals surface area (Å²) in [6, 6.07) is 4.74. The van der Waals surface area contributed by atoms with Crippen molar-refractivity contribution in [3.63, 3.8) is 0 Å². The Morgan fingerprint density at radius 1 is 1.50 bits per heavy atom. The molecule has 0 amide bonds. The number of rotatable bonds is 4. The lowest BCUT2D eigenvalue weighted by Gasteiger charge is -2.23. The van der Waals surface area contributed by atoms with Crippen molar-refractivity contribution in [2.24, 2.45) is 5.84 Å². The Labute approximate surface area is 111 Å². The molecule has 3 N–H and O–H groups in total. The topological polar surface area (TPSA) is 47.3 Å². The zero-order valence-electron chi connectivity index (χ0n) is 9.96. The predicted molar refractivity (Wildman–Crippen MR) is 69.5 cm³/mol. The maximum absolute atomic E-state index is 13.8. The third-order valence-corrected chi connectivity index (χ3v) is 3.25. The Morgan fingerprint density at radius 3 is 3.00 bits per heavy atom. The molecule has 1 aromatic rings. The van der Waals surface area contributed by atoms with Gasteiger partial charge in [0, 0.05) is 0 Å². The van der Waals surface area contributed by atoms with Crippen molar-refractivity contribution < 1.29 is 9.13 Å². The molecule has 2 rings (SSSR count). The molecule has 18 heavy (non-hydrogen) atoms. The normalized spacial score (nSPS) is 16.9. The molecular formula is C13H16ClFN2O. The van der Waals surface area contributed by atoms with E-state index in [1.165, 1.54) is 6.07 Å². The van der Waals surface area contributed by atoms with E-state index >= 15 is 0 Å². The number of allylic oxidation sites excluding steroid dienone is 1. The molecule has 98 valence electrons. The van der Waals surface area contributed by atoms with Gasteiger partial charge in [0.05, 0.1) is 17.7 Å². The number of nitrogens with one attached hydrogen (secondary N) is 1. The largest absolute Gasteiger partial charge is 0.497 e. The molecule has 1 aliphatic heterocycles. The van der Waals surface area contributed by atoms with Crippen molar-refractivity contribution >= 4 is 11.6 Å². The number of ether oxygens (including phenoxy) is 1. The first kappa shape index (κ1) is 13.3. The summed E-state index contributed by atoms with van der Waals surface area (Å²) in [7, 11) is 0. The minimum Gasteiger partial charge on any atom is -0.497 e. The lowest BCUT2D eigenvalue weighted by Crippen LogP contribution is -2.39. The zero-order valence-corrected chi connectivity index (χ0v) is 10.7. The van der Waals surface area contributed by atoms with Crippen LogP contribution in [0.15, 0.2) is 30.0 Å². The minimum atomic E-state index is -0.393. The third-order valence-electron chi connectivity index (χ3n) is 2.96. The number of nitrogens with two attached hydrogens (primary N) is 1. The Hall–Kier alpha value is -1.10. The third kappa shape index (κ3) is 3.02. The fourth-order valence-electron chi connectivity index (χ4n) is 1.99. The lowest BCUT2D eigenvalue weighted by atomic mass is 10.0. The average molecular weight is 271 g/mol. The van der Waals surface area contributed by atoms with Crippen LogP contribution >= 0.6 is 11.6 Å². The molecule has 0 spiro atoms. The summed E-state index contributed by atoms with van der Waals surface area (Å²) in [4.78, 5) is 0. The first-order valence-electron chi connectivity index (χ1n) is 5.94. The zero-order chi connectivity index (χ0) is 13.0. The molecule has 0 bridgehead atoms. The van der Waals surface area contributed by atoms with Gasteiger partial charge in [-0.05, 0) is 37.0 Å². The Morgan fingerprint density at radius 2 is 2.33 bits per heavy atom. The van der Waals surface area contributed by atoms with Crippen LogP contribution in [0.1, 0.15) is 18.4 Å². The van der Waals surface area contributed by atoms with Gasteiger partial charge in [0.25, 0.3) is 0 Å². The predicted octanol–water partition coefficient (Wildman–Crippen LogP) is 2.55. The number of hydrogen-bond acceptors (Lipinski definition) is 3. The van der Waals surface area contributed by atoms with E-state index in [1.807, 2.05) is 6.08 Å². The number of hydrogen-bond donors (Lipinski definition) is 2. The summed E-state index contributed by atoms with van der Waals surface area (Å²) in [6.45, 7) is 0.683. The van der Waals surface area contributed by atoms with Gasteiger partial charge in [-0.3, -0.25) is 5.84 Å². The van der Waals surface area contributed by atoms with Crippen molar-refractivity contribution in [3.05, 3.63) is 46.4 Å². The van der Waals surface area contributed by atoms with Crippen molar-refractivity contribution in [1.29, 1.82) is 0 Å². The van der Waals surface area contributed by atoms with Crippen LogP contribution in [-0.2, 0) is 11.2 Å². The van der Waals surface area contributed by atoms with Gasteiger partial charge in [-0.25, -0.2) is 9.82 Å². The van der Waals surface area contributed by atoms with E-state index in [0.29, 0.717) is 18.6 Å². The summed E-state index contributed by atoms with van der Waals surface area (Å²) >= 11 is 5.75. The summed E-state index contributed by atoms with van der Waals surface area (Å²) in [5.74, 6) is 5.90. The first-order valence-corrected chi connectivity index (χ1v) is 6.32. The SMILES string of the molecule is NNC(Cc1cccc(Cl)c1F)C1=CCCCO1. The minimum absolute atomic E-state index is 0.127. The van der Waals surface area contributed by atoms with E-state index < -0.39 is 5.82 Å². The molecule has 0 aromatic heterocycles. The van der Waals surface area contributed by atoms with E-state index in [9.17, 15) is 4.39 Å². The van der Waals surface area contributed by atoms with Crippen LogP contribution in [0.2, 0.25) is 5.02 Å². The molecule has 0 fully saturated rings. The quantitative estimate of drug-likeness (QED) is 0.653. The van der Waals surface area contributed by atoms with Crippen LogP contribution in [0.4, 0.5) is 4.39 Å². The molecule has 5 heteroatoms. The highest BCUT2D eigenvalue weighted by Crippen LogP contribution is 2.22. The molecule has 1 aliphatic rings. The van der Waals surface area contributed by atoms with Crippen LogP contribution in [0.5, 0.6) is 0 Å². The number of halogens is 2. The average Bonchev–Trinajstić information content (AvgIpc) is 2.41. The molecule has 0 saturated carbocycles. The summed E-state index contributed by atoms with van der Waals surface area (Å²) in [6.07, 6.45) is 4.38. The monoisotopic (exact) mass is 270 g/mol. The molecular weight excluding hydrogens is 255 g/mol. The van der Waals surface area contributed by atoms with Gasteiger partial charge in [-0.15, -0.1) is 0 Å². The Balaban J connectivity index is 2.15. The number of benzene rings is 1. The lowest BCUT2D eigenvalue weighted by molar-refractivity contribution is 0.167. The fraction of sp³-hybridized carbons (Fsp3) is 0.385. The molecule has 1 unspecified atom stereocenters. The van der Waals surface area contributed by atoms with Crippen LogP contribution in [-0.4, -0.2) is 12.6 Å². The van der Waals surface area contributed by atoms with Gasteiger partial charge in [0.1, 0.15) is 11.6 Å². The molecule has 1 atom stereocenters. The molecule has 3 nitrogen and oxygen atoms in total. The molecule has 0 aliphatic carbocycles. The van der Waals surface area contributed by atoms with Gasteiger partial charge in [0.15, 0.2) is 0 Å². The first-order chi connectivity index (χ1) is 8.72. The molecule has 0 radical (unpaired) electrons. The van der Waals surface area contributed by atoms with Gasteiger partial charge in [0.2, 0.25) is 0 Å². The highest BCUT2D eigenvalue weighted by Gasteiger charge is 2.19. The van der Waals surface area contributed by atoms with Gasteiger partial charge < -0.3 is 4.74 Å². The van der Waals surface area contributed by atoms with Gasteiger partial charge in [-0.1, -0.05) is 23.7 Å². The summed E-state index contributed by atoms with van der Waals surface area (Å²) < 4.78 is 19.3. The maximum Gasteiger partial charge on any atom is 0.145 e. The van der Waals surface area contributed by atoms with Gasteiger partial charge >= 0.3 is 0 Å². The van der Waals surface area contributed by atoms with E-state index in [0.717, 1.165) is 18.6 Å². The van der Waals surface area contributed by atoms with Crippen LogP contribution in [0, 0.1) is 5.82 Å². The van der Waals surface area contributed by atoms with E-state index in [1.54, 1.807) is 12.1 Å². The highest BCUT2D eigenvalue weighted by atomic mass is 35.5. The fourth-order valence-corrected chi connectivity index (χ4v) is 2.18. The second-order valence-electron chi connectivity index (χ2n) is 4.23. The summed E-state index contributed by atoms with van der Waals surface area (Å²) in [5.41, 5.74) is 3.19. The van der Waals surface area contributed by atoms with Crippen LogP contribution < -0.4 is 11.3 Å². The molecule has 1 heterocycles. The van der Waals surface area contributed by atoms with Crippen molar-refractivity contribution in [3.8, 4) is 0 Å². The van der Waals surface area contributed by atoms with E-state index in [2.05, 4.69) is 5.43 Å². The second-order valence-corrected chi connectivity index (χ2v) is 4.64. The smallest absolute Gasteiger partial charge is 0.145 e. The summed E-state index contributed by atoms with van der Waals surface area (Å²) in [5, 5.41) is 0.127. The van der Waals surface area contributed by atoms with Crippen LogP contribution in [0.25, 0.3) is 0 Å². The highest BCUT2D eigenvalue weighted by molar-refractivity contribution is 6.30.